The number of hydrogen-bond acceptors (Lipinski definition) is 3. The van der Waals surface area contributed by atoms with Crippen molar-refractivity contribution in [3.63, 3.8) is 0 Å². The molecule has 0 heterocycles. The molecule has 6 heteroatoms. The molecular formula is C22H28N2O3S. The molecule has 1 aliphatic carbocycles. The van der Waals surface area contributed by atoms with E-state index in [2.05, 4.69) is 16.9 Å². The van der Waals surface area contributed by atoms with Gasteiger partial charge in [0.1, 0.15) is 0 Å². The van der Waals surface area contributed by atoms with E-state index in [0.717, 1.165) is 41.5 Å². The fourth-order valence-corrected chi connectivity index (χ4v) is 4.91. The molecule has 0 aromatic heterocycles. The van der Waals surface area contributed by atoms with Gasteiger partial charge in [-0.05, 0) is 48.9 Å². The van der Waals surface area contributed by atoms with Crippen LogP contribution in [0.1, 0.15) is 50.2 Å². The van der Waals surface area contributed by atoms with E-state index in [-0.39, 0.29) is 24.3 Å². The number of nitrogens with one attached hydrogen (secondary N) is 1. The second-order valence-electron chi connectivity index (χ2n) is 7.79. The monoisotopic (exact) mass is 400 g/mol. The lowest BCUT2D eigenvalue weighted by Crippen LogP contribution is -2.40. The summed E-state index contributed by atoms with van der Waals surface area (Å²) >= 11 is 0. The van der Waals surface area contributed by atoms with E-state index in [4.69, 9.17) is 5.73 Å². The van der Waals surface area contributed by atoms with Gasteiger partial charge >= 0.3 is 0 Å². The van der Waals surface area contributed by atoms with Crippen LogP contribution in [0.5, 0.6) is 0 Å². The Kier molecular flexibility index (Phi) is 6.20. The molecule has 2 aromatic carbocycles. The molecule has 2 aromatic rings. The Morgan fingerprint density at radius 1 is 1.14 bits per heavy atom. The smallest absolute Gasteiger partial charge is 0.221 e. The second kappa shape index (κ2) is 8.45. The Hall–Kier alpha value is -2.18. The molecule has 1 aliphatic rings. The van der Waals surface area contributed by atoms with E-state index in [9.17, 15) is 13.2 Å². The quantitative estimate of drug-likeness (QED) is 0.747. The molecule has 3 rings (SSSR count). The van der Waals surface area contributed by atoms with Crippen LogP contribution >= 0.6 is 0 Å². The average Bonchev–Trinajstić information content (AvgIpc) is 3.09. The van der Waals surface area contributed by atoms with E-state index in [1.807, 2.05) is 36.4 Å². The first-order valence-electron chi connectivity index (χ1n) is 9.75. The van der Waals surface area contributed by atoms with Gasteiger partial charge in [-0.2, -0.15) is 0 Å². The fraction of sp³-hybridized carbons (Fsp3) is 0.409. The maximum absolute atomic E-state index is 12.5. The van der Waals surface area contributed by atoms with Crippen LogP contribution in [0.3, 0.4) is 0 Å². The highest BCUT2D eigenvalue weighted by Gasteiger charge is 2.34. The van der Waals surface area contributed by atoms with Gasteiger partial charge < -0.3 is 5.73 Å². The molecule has 0 radical (unpaired) electrons. The molecule has 28 heavy (non-hydrogen) atoms. The first kappa shape index (κ1) is 20.6. The van der Waals surface area contributed by atoms with E-state index in [0.29, 0.717) is 0 Å². The molecule has 1 fully saturated rings. The van der Waals surface area contributed by atoms with Gasteiger partial charge in [0.25, 0.3) is 0 Å². The van der Waals surface area contributed by atoms with Gasteiger partial charge in [-0.15, -0.1) is 0 Å². The van der Waals surface area contributed by atoms with E-state index < -0.39 is 15.3 Å². The zero-order valence-electron chi connectivity index (χ0n) is 16.4. The summed E-state index contributed by atoms with van der Waals surface area (Å²) in [6.45, 7) is 3.38. The standard InChI is InChI=1S/C22H28N2O3S/c1-15(2)28(26,27)24-21-10-6-9-19(21)20-13-16(14-22(23)25)11-12-18(20)17-7-4-3-5-8-17/h3-5,7-8,11-13,15,19,21,24H,6,9-10,14H2,1-2H3,(H2,23,25). The number of amides is 1. The van der Waals surface area contributed by atoms with Crippen molar-refractivity contribution in [2.45, 2.75) is 56.7 Å². The highest BCUT2D eigenvalue weighted by atomic mass is 32.2. The minimum atomic E-state index is -3.35. The van der Waals surface area contributed by atoms with Crippen LogP contribution in [0.15, 0.2) is 48.5 Å². The van der Waals surface area contributed by atoms with Gasteiger partial charge in [-0.1, -0.05) is 55.0 Å². The summed E-state index contributed by atoms with van der Waals surface area (Å²) in [5.41, 5.74) is 9.50. The van der Waals surface area contributed by atoms with Gasteiger partial charge in [0.2, 0.25) is 15.9 Å². The number of rotatable bonds is 7. The number of hydrogen-bond donors (Lipinski definition) is 2. The van der Waals surface area contributed by atoms with Crippen molar-refractivity contribution in [3.8, 4) is 11.1 Å². The van der Waals surface area contributed by atoms with Crippen LogP contribution in [0, 0.1) is 0 Å². The first-order chi connectivity index (χ1) is 13.3. The van der Waals surface area contributed by atoms with Gasteiger partial charge in [-0.3, -0.25) is 4.79 Å². The average molecular weight is 401 g/mol. The summed E-state index contributed by atoms with van der Waals surface area (Å²) < 4.78 is 27.8. The van der Waals surface area contributed by atoms with Crippen molar-refractivity contribution in [3.05, 3.63) is 59.7 Å². The SMILES string of the molecule is CC(C)S(=O)(=O)NC1CCCC1c1cc(CC(N)=O)ccc1-c1ccccc1. The third-order valence-electron chi connectivity index (χ3n) is 5.43. The number of carbonyl (C=O) groups is 1. The lowest BCUT2D eigenvalue weighted by atomic mass is 9.86. The lowest BCUT2D eigenvalue weighted by molar-refractivity contribution is -0.117. The fourth-order valence-electron chi connectivity index (χ4n) is 3.93. The van der Waals surface area contributed by atoms with Crippen LogP contribution in [-0.4, -0.2) is 25.6 Å². The molecule has 150 valence electrons. The van der Waals surface area contributed by atoms with Crippen molar-refractivity contribution in [1.82, 2.24) is 4.72 Å². The second-order valence-corrected chi connectivity index (χ2v) is 10.1. The Morgan fingerprint density at radius 3 is 2.50 bits per heavy atom. The van der Waals surface area contributed by atoms with Crippen molar-refractivity contribution in [2.75, 3.05) is 0 Å². The molecule has 0 bridgehead atoms. The van der Waals surface area contributed by atoms with Crippen LogP contribution in [0.2, 0.25) is 0 Å². The Bertz CT molecular complexity index is 940. The first-order valence-corrected chi connectivity index (χ1v) is 11.3. The Balaban J connectivity index is 2.03. The van der Waals surface area contributed by atoms with Crippen LogP contribution in [-0.2, 0) is 21.2 Å². The summed E-state index contributed by atoms with van der Waals surface area (Å²) in [6.07, 6.45) is 2.86. The molecule has 0 spiro atoms. The third-order valence-corrected chi connectivity index (χ3v) is 7.30. The van der Waals surface area contributed by atoms with Crippen LogP contribution < -0.4 is 10.5 Å². The topological polar surface area (TPSA) is 89.3 Å². The lowest BCUT2D eigenvalue weighted by Gasteiger charge is -2.25. The van der Waals surface area contributed by atoms with Crippen molar-refractivity contribution < 1.29 is 13.2 Å². The molecule has 2 atom stereocenters. The van der Waals surface area contributed by atoms with Crippen molar-refractivity contribution in [1.29, 1.82) is 0 Å². The van der Waals surface area contributed by atoms with E-state index in [1.165, 1.54) is 0 Å². The molecule has 1 saturated carbocycles. The number of carbonyl (C=O) groups excluding carboxylic acids is 1. The van der Waals surface area contributed by atoms with E-state index in [1.54, 1.807) is 13.8 Å². The zero-order chi connectivity index (χ0) is 20.3. The largest absolute Gasteiger partial charge is 0.369 e. The summed E-state index contributed by atoms with van der Waals surface area (Å²) in [5, 5.41) is -0.469. The van der Waals surface area contributed by atoms with Crippen molar-refractivity contribution >= 4 is 15.9 Å². The predicted octanol–water partition coefficient (Wildman–Crippen LogP) is 3.35. The highest BCUT2D eigenvalue weighted by molar-refractivity contribution is 7.90. The van der Waals surface area contributed by atoms with Gasteiger partial charge in [-0.25, -0.2) is 13.1 Å². The third kappa shape index (κ3) is 4.62. The summed E-state index contributed by atoms with van der Waals surface area (Å²) in [6, 6.07) is 15.9. The summed E-state index contributed by atoms with van der Waals surface area (Å²) in [4.78, 5) is 11.4. The summed E-state index contributed by atoms with van der Waals surface area (Å²) in [5.74, 6) is -0.307. The zero-order valence-corrected chi connectivity index (χ0v) is 17.2. The van der Waals surface area contributed by atoms with Crippen molar-refractivity contribution in [2.24, 2.45) is 5.73 Å². The molecule has 2 unspecified atom stereocenters. The molecule has 1 amide bonds. The van der Waals surface area contributed by atoms with Crippen LogP contribution in [0.4, 0.5) is 0 Å². The number of sulfonamides is 1. The number of primary amides is 1. The number of benzene rings is 2. The molecule has 0 aliphatic heterocycles. The van der Waals surface area contributed by atoms with E-state index >= 15 is 0 Å². The molecule has 3 N–H and O–H groups in total. The maximum atomic E-state index is 12.5. The normalized spacial score (nSPS) is 19.8. The number of nitrogens with two attached hydrogens (primary N) is 1. The van der Waals surface area contributed by atoms with Gasteiger partial charge in [0.05, 0.1) is 11.7 Å². The van der Waals surface area contributed by atoms with Gasteiger partial charge in [0, 0.05) is 12.0 Å². The predicted molar refractivity (Wildman–Crippen MR) is 112 cm³/mol. The Morgan fingerprint density at radius 2 is 1.86 bits per heavy atom. The molecular weight excluding hydrogens is 372 g/mol. The minimum Gasteiger partial charge on any atom is -0.369 e. The Labute approximate surface area is 167 Å². The van der Waals surface area contributed by atoms with Gasteiger partial charge in [0.15, 0.2) is 0 Å². The van der Waals surface area contributed by atoms with Crippen LogP contribution in [0.25, 0.3) is 11.1 Å². The maximum Gasteiger partial charge on any atom is 0.221 e. The minimum absolute atomic E-state index is 0.0663. The summed E-state index contributed by atoms with van der Waals surface area (Å²) in [7, 11) is -3.35. The molecule has 5 nitrogen and oxygen atoms in total. The molecule has 0 saturated heterocycles. The highest BCUT2D eigenvalue weighted by Crippen LogP contribution is 2.40.